The van der Waals surface area contributed by atoms with Gasteiger partial charge in [-0.2, -0.15) is 0 Å². The van der Waals surface area contributed by atoms with Gasteiger partial charge in [0.15, 0.2) is 0 Å². The molecular weight excluding hydrogens is 398 g/mol. The van der Waals surface area contributed by atoms with Crippen LogP contribution >= 0.6 is 11.6 Å². The number of carbonyl (C=O) groups is 2. The van der Waals surface area contributed by atoms with Gasteiger partial charge in [-0.25, -0.2) is 0 Å². The second kappa shape index (κ2) is 7.69. The van der Waals surface area contributed by atoms with Crippen molar-refractivity contribution in [2.45, 2.75) is 50.6 Å². The molecule has 1 aromatic carbocycles. The van der Waals surface area contributed by atoms with Crippen LogP contribution in [0.15, 0.2) is 42.6 Å². The molecule has 1 saturated carbocycles. The first-order valence-electron chi connectivity index (χ1n) is 10.9. The quantitative estimate of drug-likeness (QED) is 0.735. The molecule has 2 aliphatic heterocycles. The fraction of sp³-hybridized carbons (Fsp3) is 0.458. The van der Waals surface area contributed by atoms with Gasteiger partial charge in [-0.1, -0.05) is 43.0 Å². The van der Waals surface area contributed by atoms with Crippen LogP contribution in [-0.4, -0.2) is 39.7 Å². The highest BCUT2D eigenvalue weighted by Crippen LogP contribution is 2.45. The van der Waals surface area contributed by atoms with E-state index in [2.05, 4.69) is 4.98 Å². The Hall–Kier alpha value is -2.40. The van der Waals surface area contributed by atoms with Gasteiger partial charge < -0.3 is 9.80 Å². The Balaban J connectivity index is 1.57. The minimum Gasteiger partial charge on any atom is -0.313 e. The molecule has 0 radical (unpaired) electrons. The van der Waals surface area contributed by atoms with E-state index in [9.17, 15) is 9.59 Å². The minimum atomic E-state index is -0.825. The summed E-state index contributed by atoms with van der Waals surface area (Å²) in [6.07, 6.45) is 8.74. The first-order valence-corrected chi connectivity index (χ1v) is 11.3. The zero-order valence-electron chi connectivity index (χ0n) is 17.0. The Morgan fingerprint density at radius 1 is 1.10 bits per heavy atom. The van der Waals surface area contributed by atoms with Gasteiger partial charge >= 0.3 is 0 Å². The average molecular weight is 424 g/mol. The van der Waals surface area contributed by atoms with Gasteiger partial charge in [0.2, 0.25) is 5.91 Å². The third kappa shape index (κ3) is 3.11. The van der Waals surface area contributed by atoms with Crippen LogP contribution in [-0.2, 0) is 16.9 Å². The normalized spacial score (nSPS) is 24.0. The van der Waals surface area contributed by atoms with Crippen molar-refractivity contribution in [2.24, 2.45) is 5.92 Å². The monoisotopic (exact) mass is 423 g/mol. The molecular formula is C24H26ClN3O2. The smallest absolute Gasteiger partial charge is 0.257 e. The number of fused-ring (bicyclic) bond motifs is 2. The largest absolute Gasteiger partial charge is 0.313 e. The van der Waals surface area contributed by atoms with E-state index in [1.807, 2.05) is 40.1 Å². The number of pyridine rings is 1. The van der Waals surface area contributed by atoms with E-state index in [1.165, 1.54) is 19.3 Å². The second-order valence-corrected chi connectivity index (χ2v) is 9.14. The van der Waals surface area contributed by atoms with Crippen LogP contribution in [0, 0.1) is 5.92 Å². The molecule has 1 atom stereocenters. The zero-order valence-corrected chi connectivity index (χ0v) is 17.8. The maximum absolute atomic E-state index is 13.6. The first kappa shape index (κ1) is 19.6. The number of carbonyl (C=O) groups excluding carboxylic acids is 2. The number of benzene rings is 1. The number of rotatable bonds is 3. The van der Waals surface area contributed by atoms with Crippen LogP contribution < -0.4 is 0 Å². The molecule has 0 N–H and O–H groups in total. The van der Waals surface area contributed by atoms with Gasteiger partial charge in [-0.05, 0) is 48.6 Å². The molecule has 2 amide bonds. The molecule has 3 heterocycles. The number of aromatic nitrogens is 1. The predicted octanol–water partition coefficient (Wildman–Crippen LogP) is 4.40. The molecule has 1 aliphatic carbocycles. The SMILES string of the molecule is O=C(CC1CCCCC1)N1CCN2C(=O)c3cccnc3CC12c1ccc(Cl)cc1. The highest BCUT2D eigenvalue weighted by atomic mass is 35.5. The number of halogens is 1. The summed E-state index contributed by atoms with van der Waals surface area (Å²) in [5.74, 6) is 0.547. The summed E-state index contributed by atoms with van der Waals surface area (Å²) in [6, 6.07) is 11.2. The third-order valence-electron chi connectivity index (χ3n) is 7.02. The Kier molecular flexibility index (Phi) is 5.02. The second-order valence-electron chi connectivity index (χ2n) is 8.71. The Labute approximate surface area is 182 Å². The lowest BCUT2D eigenvalue weighted by molar-refractivity contribution is -0.140. The minimum absolute atomic E-state index is 0.0488. The molecule has 3 aliphatic rings. The van der Waals surface area contributed by atoms with Gasteiger partial charge in [0, 0.05) is 37.2 Å². The lowest BCUT2D eigenvalue weighted by atomic mass is 9.84. The van der Waals surface area contributed by atoms with Gasteiger partial charge in [0.1, 0.15) is 5.66 Å². The van der Waals surface area contributed by atoms with E-state index in [-0.39, 0.29) is 11.8 Å². The summed E-state index contributed by atoms with van der Waals surface area (Å²) in [5, 5.41) is 0.639. The first-order chi connectivity index (χ1) is 14.6. The lowest BCUT2D eigenvalue weighted by Gasteiger charge is -2.47. The zero-order chi connectivity index (χ0) is 20.7. The van der Waals surface area contributed by atoms with E-state index in [0.717, 1.165) is 24.1 Å². The number of hydrogen-bond acceptors (Lipinski definition) is 3. The Morgan fingerprint density at radius 3 is 2.63 bits per heavy atom. The summed E-state index contributed by atoms with van der Waals surface area (Å²) in [4.78, 5) is 35.3. The molecule has 6 heteroatoms. The third-order valence-corrected chi connectivity index (χ3v) is 7.27. The van der Waals surface area contributed by atoms with Crippen molar-refractivity contribution in [3.8, 4) is 0 Å². The average Bonchev–Trinajstić information content (AvgIpc) is 3.16. The summed E-state index contributed by atoms with van der Waals surface area (Å²) in [7, 11) is 0. The van der Waals surface area contributed by atoms with E-state index >= 15 is 0 Å². The van der Waals surface area contributed by atoms with Gasteiger partial charge in [-0.3, -0.25) is 14.6 Å². The topological polar surface area (TPSA) is 53.5 Å². The van der Waals surface area contributed by atoms with Crippen molar-refractivity contribution in [2.75, 3.05) is 13.1 Å². The van der Waals surface area contributed by atoms with Crippen LogP contribution in [0.1, 0.15) is 60.1 Å². The highest BCUT2D eigenvalue weighted by Gasteiger charge is 2.56. The Morgan fingerprint density at radius 2 is 1.87 bits per heavy atom. The van der Waals surface area contributed by atoms with E-state index in [0.29, 0.717) is 42.4 Å². The van der Waals surface area contributed by atoms with Crippen molar-refractivity contribution in [3.63, 3.8) is 0 Å². The molecule has 156 valence electrons. The van der Waals surface area contributed by atoms with Crippen molar-refractivity contribution in [3.05, 3.63) is 64.4 Å². The van der Waals surface area contributed by atoms with Crippen molar-refractivity contribution in [1.82, 2.24) is 14.8 Å². The summed E-state index contributed by atoms with van der Waals surface area (Å²) < 4.78 is 0. The lowest BCUT2D eigenvalue weighted by Crippen LogP contribution is -2.58. The summed E-state index contributed by atoms with van der Waals surface area (Å²) in [5.41, 5.74) is 1.50. The molecule has 2 fully saturated rings. The van der Waals surface area contributed by atoms with Gasteiger partial charge in [-0.15, -0.1) is 0 Å². The van der Waals surface area contributed by atoms with E-state index in [4.69, 9.17) is 11.6 Å². The number of hydrogen-bond donors (Lipinski definition) is 0. The number of amides is 2. The fourth-order valence-corrected chi connectivity index (χ4v) is 5.66. The van der Waals surface area contributed by atoms with Gasteiger partial charge in [0.05, 0.1) is 11.3 Å². The van der Waals surface area contributed by atoms with Crippen LogP contribution in [0.3, 0.4) is 0 Å². The highest BCUT2D eigenvalue weighted by molar-refractivity contribution is 6.30. The molecule has 2 aromatic rings. The van der Waals surface area contributed by atoms with E-state index < -0.39 is 5.66 Å². The molecule has 0 bridgehead atoms. The summed E-state index contributed by atoms with van der Waals surface area (Å²) >= 11 is 6.16. The van der Waals surface area contributed by atoms with Crippen LogP contribution in [0.5, 0.6) is 0 Å². The molecule has 30 heavy (non-hydrogen) atoms. The van der Waals surface area contributed by atoms with E-state index in [1.54, 1.807) is 12.3 Å². The van der Waals surface area contributed by atoms with Crippen LogP contribution in [0.25, 0.3) is 0 Å². The molecule has 5 nitrogen and oxygen atoms in total. The standard InChI is InChI=1S/C24H26ClN3O2/c25-19-10-8-18(9-11-19)24-16-21-20(7-4-12-26-21)23(30)28(24)14-13-27(24)22(29)15-17-5-2-1-3-6-17/h4,7-12,17H,1-3,5-6,13-16H2. The maximum atomic E-state index is 13.6. The number of nitrogens with zero attached hydrogens (tertiary/aromatic N) is 3. The van der Waals surface area contributed by atoms with Crippen LogP contribution in [0.2, 0.25) is 5.02 Å². The predicted molar refractivity (Wildman–Crippen MR) is 115 cm³/mol. The summed E-state index contributed by atoms with van der Waals surface area (Å²) in [6.45, 7) is 1.08. The fourth-order valence-electron chi connectivity index (χ4n) is 5.54. The van der Waals surface area contributed by atoms with Gasteiger partial charge in [0.25, 0.3) is 5.91 Å². The maximum Gasteiger partial charge on any atom is 0.257 e. The van der Waals surface area contributed by atoms with Crippen molar-refractivity contribution >= 4 is 23.4 Å². The van der Waals surface area contributed by atoms with Crippen molar-refractivity contribution in [1.29, 1.82) is 0 Å². The van der Waals surface area contributed by atoms with Crippen molar-refractivity contribution < 1.29 is 9.59 Å². The molecule has 1 aromatic heterocycles. The molecule has 1 saturated heterocycles. The molecule has 0 spiro atoms. The molecule has 5 rings (SSSR count). The van der Waals surface area contributed by atoms with Crippen LogP contribution in [0.4, 0.5) is 0 Å². The molecule has 1 unspecified atom stereocenters. The Bertz CT molecular complexity index is 971.